The number of hydrogen-bond donors (Lipinski definition) is 0. The number of ether oxygens (including phenoxy) is 1. The van der Waals surface area contributed by atoms with Crippen LogP contribution in [0.4, 0.5) is 0 Å². The van der Waals surface area contributed by atoms with Gasteiger partial charge in [-0.2, -0.15) is 4.31 Å². The Bertz CT molecular complexity index is 804. The van der Waals surface area contributed by atoms with Gasteiger partial charge in [0.2, 0.25) is 10.0 Å². The maximum atomic E-state index is 13.9. The van der Waals surface area contributed by atoms with Gasteiger partial charge in [-0.1, -0.05) is 169 Å². The zero-order valence-corrected chi connectivity index (χ0v) is 34.0. The second kappa shape index (κ2) is 33.5. The van der Waals surface area contributed by atoms with Gasteiger partial charge in [-0.3, -0.25) is 4.79 Å². The maximum absolute atomic E-state index is 13.9. The largest absolute Gasteiger partial charge is 0.465 e. The fraction of sp³-hybridized carbons (Fsp3) is 0.976. The fourth-order valence-corrected chi connectivity index (χ4v) is 8.65. The molecule has 0 fully saturated rings. The lowest BCUT2D eigenvalue weighted by atomic mass is 9.95. The fourth-order valence-electron chi connectivity index (χ4n) is 6.80. The molecule has 0 spiro atoms. The first-order chi connectivity index (χ1) is 23.2. The van der Waals surface area contributed by atoms with E-state index in [1.807, 2.05) is 14.1 Å². The van der Waals surface area contributed by atoms with Gasteiger partial charge in [0.15, 0.2) is 0 Å². The van der Waals surface area contributed by atoms with Gasteiger partial charge in [0.25, 0.3) is 0 Å². The predicted octanol–water partition coefficient (Wildman–Crippen LogP) is 11.7. The van der Waals surface area contributed by atoms with Gasteiger partial charge in [-0.15, -0.1) is 0 Å². The van der Waals surface area contributed by atoms with E-state index in [2.05, 4.69) is 32.6 Å². The van der Waals surface area contributed by atoms with Crippen LogP contribution < -0.4 is 0 Å². The maximum Gasteiger partial charge on any atom is 0.307 e. The van der Waals surface area contributed by atoms with E-state index in [0.29, 0.717) is 25.5 Å². The minimum atomic E-state index is -3.48. The molecule has 0 saturated carbocycles. The van der Waals surface area contributed by atoms with Crippen LogP contribution in [0.15, 0.2) is 0 Å². The summed E-state index contributed by atoms with van der Waals surface area (Å²) in [4.78, 5) is 15.6. The molecular formula is C41H84N2O4S. The van der Waals surface area contributed by atoms with Crippen LogP contribution in [0.2, 0.25) is 0 Å². The average Bonchev–Trinajstić information content (AvgIpc) is 3.05. The molecule has 0 aliphatic rings. The quantitative estimate of drug-likeness (QED) is 0.0477. The smallest absolute Gasteiger partial charge is 0.307 e. The van der Waals surface area contributed by atoms with E-state index in [-0.39, 0.29) is 24.2 Å². The van der Waals surface area contributed by atoms with Crippen LogP contribution in [0.3, 0.4) is 0 Å². The lowest BCUT2D eigenvalue weighted by Crippen LogP contribution is -2.44. The Morgan fingerprint density at radius 1 is 0.542 bits per heavy atom. The molecule has 0 aromatic rings. The van der Waals surface area contributed by atoms with E-state index in [0.717, 1.165) is 57.9 Å². The Morgan fingerprint density at radius 2 is 0.958 bits per heavy atom. The van der Waals surface area contributed by atoms with Crippen molar-refractivity contribution in [2.24, 2.45) is 5.92 Å². The van der Waals surface area contributed by atoms with Crippen molar-refractivity contribution in [1.29, 1.82) is 0 Å². The highest BCUT2D eigenvalue weighted by atomic mass is 32.2. The first-order valence-electron chi connectivity index (χ1n) is 21.0. The summed E-state index contributed by atoms with van der Waals surface area (Å²) in [7, 11) is 0.592. The van der Waals surface area contributed by atoms with Crippen molar-refractivity contribution in [3.63, 3.8) is 0 Å². The van der Waals surface area contributed by atoms with E-state index in [9.17, 15) is 13.2 Å². The van der Waals surface area contributed by atoms with Crippen LogP contribution in [0, 0.1) is 5.92 Å². The van der Waals surface area contributed by atoms with Crippen LogP contribution in [0.1, 0.15) is 207 Å². The van der Waals surface area contributed by atoms with Crippen molar-refractivity contribution >= 4 is 16.0 Å². The Morgan fingerprint density at radius 3 is 1.44 bits per heavy atom. The van der Waals surface area contributed by atoms with Crippen LogP contribution in [0.5, 0.6) is 0 Å². The number of sulfonamides is 1. The number of nitrogens with zero attached hydrogens (tertiary/aromatic N) is 2. The summed E-state index contributed by atoms with van der Waals surface area (Å²) in [5, 5.41) is 0. The zero-order valence-electron chi connectivity index (χ0n) is 33.2. The summed E-state index contributed by atoms with van der Waals surface area (Å²) in [6.07, 6.45) is 31.1. The number of hydrogen-bond acceptors (Lipinski definition) is 5. The van der Waals surface area contributed by atoms with Gasteiger partial charge < -0.3 is 9.64 Å². The molecule has 7 heteroatoms. The van der Waals surface area contributed by atoms with E-state index in [4.69, 9.17) is 4.74 Å². The van der Waals surface area contributed by atoms with Gasteiger partial charge in [-0.25, -0.2) is 8.42 Å². The zero-order chi connectivity index (χ0) is 35.7. The summed E-state index contributed by atoms with van der Waals surface area (Å²) >= 11 is 0. The normalized spacial score (nSPS) is 13.4. The molecule has 48 heavy (non-hydrogen) atoms. The van der Waals surface area contributed by atoms with Crippen molar-refractivity contribution in [3.05, 3.63) is 0 Å². The Kier molecular flexibility index (Phi) is 33.0. The molecule has 0 amide bonds. The number of rotatable bonds is 37. The van der Waals surface area contributed by atoms with Crippen molar-refractivity contribution in [1.82, 2.24) is 9.21 Å². The van der Waals surface area contributed by atoms with Crippen molar-refractivity contribution in [3.8, 4) is 0 Å². The Hall–Kier alpha value is -0.660. The third kappa shape index (κ3) is 28.1. The second-order valence-corrected chi connectivity index (χ2v) is 17.1. The van der Waals surface area contributed by atoms with Crippen LogP contribution in [-0.2, 0) is 19.6 Å². The molecule has 0 aromatic carbocycles. The topological polar surface area (TPSA) is 66.9 Å². The van der Waals surface area contributed by atoms with Gasteiger partial charge in [0.05, 0.1) is 18.8 Å². The Labute approximate surface area is 301 Å². The first kappa shape index (κ1) is 47.3. The highest BCUT2D eigenvalue weighted by molar-refractivity contribution is 7.89. The molecule has 0 aliphatic carbocycles. The number of unbranched alkanes of at least 4 members (excludes halogenated alkanes) is 19. The van der Waals surface area contributed by atoms with E-state index >= 15 is 0 Å². The van der Waals surface area contributed by atoms with E-state index in [1.54, 1.807) is 4.31 Å². The van der Waals surface area contributed by atoms with Gasteiger partial charge in [-0.05, 0) is 58.7 Å². The molecule has 0 heterocycles. The molecule has 2 atom stereocenters. The first-order valence-corrected chi connectivity index (χ1v) is 22.6. The number of carbonyl (C=O) groups excluding carboxylic acids is 1. The summed E-state index contributed by atoms with van der Waals surface area (Å²) in [6.45, 7) is 10.7. The van der Waals surface area contributed by atoms with Crippen LogP contribution in [0.25, 0.3) is 0 Å². The van der Waals surface area contributed by atoms with Gasteiger partial charge in [0, 0.05) is 12.6 Å². The highest BCUT2D eigenvalue weighted by Gasteiger charge is 2.31. The molecule has 0 rings (SSSR count). The standard InChI is InChI=1S/C41H84N2O4S/c1-7-11-15-19-22-24-28-33-40(43(35-30-34-42(5)6)48(45,46)36-29-25-21-17-13-9-3)37-41(44)47-38-39(31-26-18-14-10-4)32-27-23-20-16-12-8-2/h39-40H,7-38H2,1-6H3. The summed E-state index contributed by atoms with van der Waals surface area (Å²) in [5.74, 6) is 0.380. The van der Waals surface area contributed by atoms with Crippen LogP contribution >= 0.6 is 0 Å². The Balaban J connectivity index is 5.59. The molecule has 0 radical (unpaired) electrons. The monoisotopic (exact) mass is 701 g/mol. The summed E-state index contributed by atoms with van der Waals surface area (Å²) in [5.41, 5.74) is 0. The molecule has 6 nitrogen and oxygen atoms in total. The van der Waals surface area contributed by atoms with Crippen molar-refractivity contribution in [2.75, 3.05) is 39.5 Å². The molecule has 0 aliphatic heterocycles. The van der Waals surface area contributed by atoms with Gasteiger partial charge in [0.1, 0.15) is 0 Å². The van der Waals surface area contributed by atoms with E-state index in [1.165, 1.54) is 116 Å². The molecule has 2 unspecified atom stereocenters. The third-order valence-electron chi connectivity index (χ3n) is 9.96. The number of esters is 1. The van der Waals surface area contributed by atoms with Crippen molar-refractivity contribution < 1.29 is 17.9 Å². The minimum Gasteiger partial charge on any atom is -0.465 e. The molecule has 0 bridgehead atoms. The predicted molar refractivity (Wildman–Crippen MR) is 209 cm³/mol. The molecule has 0 N–H and O–H groups in total. The lowest BCUT2D eigenvalue weighted by molar-refractivity contribution is -0.146. The number of carbonyl (C=O) groups is 1. The highest BCUT2D eigenvalue weighted by Crippen LogP contribution is 2.23. The van der Waals surface area contributed by atoms with Crippen molar-refractivity contribution in [2.45, 2.75) is 214 Å². The van der Waals surface area contributed by atoms with Crippen LogP contribution in [-0.4, -0.2) is 69.2 Å². The minimum absolute atomic E-state index is 0.174. The molecule has 0 aromatic heterocycles. The SMILES string of the molecule is CCCCCCCCCC(CC(=O)OCC(CCCCCC)CCCCCCCC)N(CCCN(C)C)S(=O)(=O)CCCCCCCC. The molecule has 288 valence electrons. The second-order valence-electron chi connectivity index (χ2n) is 15.1. The average molecular weight is 701 g/mol. The molecule has 0 saturated heterocycles. The van der Waals surface area contributed by atoms with E-state index < -0.39 is 10.0 Å². The molecular weight excluding hydrogens is 617 g/mol. The summed E-state index contributed by atoms with van der Waals surface area (Å²) < 4.78 is 35.6. The third-order valence-corrected chi connectivity index (χ3v) is 12.0. The lowest BCUT2D eigenvalue weighted by Gasteiger charge is -2.31. The summed E-state index contributed by atoms with van der Waals surface area (Å²) in [6, 6.07) is -0.318. The van der Waals surface area contributed by atoms with Gasteiger partial charge >= 0.3 is 5.97 Å².